The minimum absolute atomic E-state index is 0.0722. The first kappa shape index (κ1) is 15.3. The molecule has 2 fully saturated rings. The van der Waals surface area contributed by atoms with E-state index < -0.39 is 5.54 Å². The second kappa shape index (κ2) is 6.10. The minimum atomic E-state index is -0.871. The van der Waals surface area contributed by atoms with Crippen LogP contribution in [-0.2, 0) is 14.3 Å². The third-order valence-electron chi connectivity index (χ3n) is 3.93. The summed E-state index contributed by atoms with van der Waals surface area (Å²) in [6.45, 7) is 7.15. The average molecular weight is 283 g/mol. The molecule has 1 atom stereocenters. The highest BCUT2D eigenvalue weighted by Crippen LogP contribution is 2.21. The van der Waals surface area contributed by atoms with Crippen molar-refractivity contribution in [1.29, 1.82) is 0 Å². The van der Waals surface area contributed by atoms with Gasteiger partial charge in [0.15, 0.2) is 0 Å². The van der Waals surface area contributed by atoms with Crippen LogP contribution in [0.2, 0.25) is 0 Å². The van der Waals surface area contributed by atoms with Crippen LogP contribution in [0.1, 0.15) is 26.7 Å². The van der Waals surface area contributed by atoms with Crippen molar-refractivity contribution < 1.29 is 14.3 Å². The van der Waals surface area contributed by atoms with Gasteiger partial charge >= 0.3 is 0 Å². The summed E-state index contributed by atoms with van der Waals surface area (Å²) in [5.41, 5.74) is 5.00. The van der Waals surface area contributed by atoms with Gasteiger partial charge in [-0.1, -0.05) is 0 Å². The van der Waals surface area contributed by atoms with Crippen LogP contribution in [0.25, 0.3) is 0 Å². The van der Waals surface area contributed by atoms with Gasteiger partial charge < -0.3 is 20.3 Å². The second-order valence-electron chi connectivity index (χ2n) is 6.25. The summed E-state index contributed by atoms with van der Waals surface area (Å²) in [5.74, 6) is -0.00856. The first-order valence-corrected chi connectivity index (χ1v) is 7.34. The monoisotopic (exact) mass is 283 g/mol. The Labute approximate surface area is 120 Å². The normalized spacial score (nSPS) is 24.6. The fourth-order valence-electron chi connectivity index (χ4n) is 2.81. The molecule has 6 heteroatoms. The maximum Gasteiger partial charge on any atom is 0.242 e. The van der Waals surface area contributed by atoms with Crippen LogP contribution < -0.4 is 5.73 Å². The lowest BCUT2D eigenvalue weighted by molar-refractivity contribution is -0.145. The van der Waals surface area contributed by atoms with E-state index in [1.54, 1.807) is 18.7 Å². The quantitative estimate of drug-likeness (QED) is 0.763. The molecule has 114 valence electrons. The van der Waals surface area contributed by atoms with Crippen molar-refractivity contribution in [2.75, 3.05) is 39.4 Å². The number of carbonyl (C=O) groups is 2. The molecule has 2 amide bonds. The van der Waals surface area contributed by atoms with Crippen LogP contribution in [0, 0.1) is 5.92 Å². The predicted molar refractivity (Wildman–Crippen MR) is 75.0 cm³/mol. The number of nitrogens with two attached hydrogens (primary N) is 1. The third-order valence-corrected chi connectivity index (χ3v) is 3.93. The molecule has 0 aromatic rings. The molecule has 2 aliphatic rings. The van der Waals surface area contributed by atoms with Gasteiger partial charge in [-0.05, 0) is 26.7 Å². The zero-order chi connectivity index (χ0) is 14.8. The van der Waals surface area contributed by atoms with Crippen molar-refractivity contribution in [3.8, 4) is 0 Å². The molecule has 0 radical (unpaired) electrons. The molecule has 2 heterocycles. The average Bonchev–Trinajstić information content (AvgIpc) is 2.46. The smallest absolute Gasteiger partial charge is 0.242 e. The van der Waals surface area contributed by atoms with E-state index >= 15 is 0 Å². The molecule has 20 heavy (non-hydrogen) atoms. The fraction of sp³-hybridized carbons (Fsp3) is 0.857. The molecule has 0 aromatic carbocycles. The molecule has 2 rings (SSSR count). The number of ether oxygens (including phenoxy) is 1. The number of nitrogens with zero attached hydrogens (tertiary/aromatic N) is 2. The molecule has 0 saturated carbocycles. The van der Waals surface area contributed by atoms with Crippen molar-refractivity contribution in [3.63, 3.8) is 0 Å². The lowest BCUT2D eigenvalue weighted by atomic mass is 9.94. The number of hydrogen-bond acceptors (Lipinski definition) is 4. The van der Waals surface area contributed by atoms with Gasteiger partial charge in [0.05, 0.1) is 24.7 Å². The van der Waals surface area contributed by atoms with Crippen LogP contribution >= 0.6 is 0 Å². The molecule has 0 bridgehead atoms. The minimum Gasteiger partial charge on any atom is -0.378 e. The maximum atomic E-state index is 12.5. The number of likely N-dealkylation sites (tertiary alicyclic amines) is 1. The fourth-order valence-corrected chi connectivity index (χ4v) is 2.81. The van der Waals surface area contributed by atoms with E-state index in [0.29, 0.717) is 39.4 Å². The Morgan fingerprint density at radius 2 is 1.80 bits per heavy atom. The van der Waals surface area contributed by atoms with Gasteiger partial charge in [0.2, 0.25) is 11.8 Å². The molecule has 0 aromatic heterocycles. The largest absolute Gasteiger partial charge is 0.378 e. The molecule has 2 aliphatic heterocycles. The van der Waals surface area contributed by atoms with E-state index in [0.717, 1.165) is 12.8 Å². The van der Waals surface area contributed by atoms with Crippen molar-refractivity contribution >= 4 is 11.8 Å². The van der Waals surface area contributed by atoms with E-state index in [1.165, 1.54) is 0 Å². The van der Waals surface area contributed by atoms with Crippen LogP contribution in [-0.4, -0.2) is 66.5 Å². The first-order chi connectivity index (χ1) is 9.39. The summed E-state index contributed by atoms with van der Waals surface area (Å²) in [7, 11) is 0. The van der Waals surface area contributed by atoms with Crippen molar-refractivity contribution in [2.24, 2.45) is 11.7 Å². The van der Waals surface area contributed by atoms with Gasteiger partial charge in [-0.3, -0.25) is 9.59 Å². The van der Waals surface area contributed by atoms with E-state index in [4.69, 9.17) is 10.5 Å². The van der Waals surface area contributed by atoms with Gasteiger partial charge in [0, 0.05) is 26.2 Å². The zero-order valence-electron chi connectivity index (χ0n) is 12.4. The molecule has 1 unspecified atom stereocenters. The lowest BCUT2D eigenvalue weighted by Crippen LogP contribution is -2.55. The van der Waals surface area contributed by atoms with Gasteiger partial charge in [-0.2, -0.15) is 0 Å². The molecule has 0 aliphatic carbocycles. The first-order valence-electron chi connectivity index (χ1n) is 7.34. The molecular formula is C14H25N3O3. The Bertz CT molecular complexity index is 372. The second-order valence-corrected chi connectivity index (χ2v) is 6.25. The molecule has 0 spiro atoms. The Kier molecular flexibility index (Phi) is 4.65. The van der Waals surface area contributed by atoms with Gasteiger partial charge in [-0.15, -0.1) is 0 Å². The number of amides is 2. The standard InChI is InChI=1S/C14H25N3O3/c1-14(2,15)13(19)17-5-3-4-11(10-17)12(18)16-6-8-20-9-7-16/h11H,3-10,15H2,1-2H3. The van der Waals surface area contributed by atoms with Gasteiger partial charge in [0.1, 0.15) is 0 Å². The molecule has 2 saturated heterocycles. The molecule has 2 N–H and O–H groups in total. The molecular weight excluding hydrogens is 258 g/mol. The number of morpholine rings is 1. The van der Waals surface area contributed by atoms with Crippen molar-refractivity contribution in [1.82, 2.24) is 9.80 Å². The number of carbonyl (C=O) groups excluding carboxylic acids is 2. The SMILES string of the molecule is CC(C)(N)C(=O)N1CCCC(C(=O)N2CCOCC2)C1. The lowest BCUT2D eigenvalue weighted by Gasteiger charge is -2.38. The summed E-state index contributed by atoms with van der Waals surface area (Å²) < 4.78 is 5.27. The highest BCUT2D eigenvalue weighted by atomic mass is 16.5. The third kappa shape index (κ3) is 3.49. The Balaban J connectivity index is 1.96. The predicted octanol–water partition coefficient (Wildman–Crippen LogP) is -0.179. The Morgan fingerprint density at radius 1 is 1.15 bits per heavy atom. The van der Waals surface area contributed by atoms with Gasteiger partial charge in [0.25, 0.3) is 0 Å². The van der Waals surface area contributed by atoms with Crippen LogP contribution in [0.5, 0.6) is 0 Å². The summed E-state index contributed by atoms with van der Waals surface area (Å²) in [6, 6.07) is 0. The summed E-state index contributed by atoms with van der Waals surface area (Å²) >= 11 is 0. The Hall–Kier alpha value is -1.14. The summed E-state index contributed by atoms with van der Waals surface area (Å²) in [4.78, 5) is 28.3. The van der Waals surface area contributed by atoms with E-state index in [-0.39, 0.29) is 17.7 Å². The number of hydrogen-bond donors (Lipinski definition) is 1. The number of rotatable bonds is 2. The van der Waals surface area contributed by atoms with Crippen LogP contribution in [0.15, 0.2) is 0 Å². The van der Waals surface area contributed by atoms with Crippen LogP contribution in [0.4, 0.5) is 0 Å². The highest BCUT2D eigenvalue weighted by Gasteiger charge is 2.35. The van der Waals surface area contributed by atoms with E-state index in [9.17, 15) is 9.59 Å². The number of piperidine rings is 1. The van der Waals surface area contributed by atoms with Gasteiger partial charge in [-0.25, -0.2) is 0 Å². The highest BCUT2D eigenvalue weighted by molar-refractivity contribution is 5.86. The zero-order valence-corrected chi connectivity index (χ0v) is 12.4. The summed E-state index contributed by atoms with van der Waals surface area (Å²) in [5, 5.41) is 0. The Morgan fingerprint density at radius 3 is 2.40 bits per heavy atom. The maximum absolute atomic E-state index is 12.5. The topological polar surface area (TPSA) is 75.9 Å². The van der Waals surface area contributed by atoms with Crippen molar-refractivity contribution in [2.45, 2.75) is 32.2 Å². The summed E-state index contributed by atoms with van der Waals surface area (Å²) in [6.07, 6.45) is 1.72. The van der Waals surface area contributed by atoms with E-state index in [2.05, 4.69) is 0 Å². The molecule has 6 nitrogen and oxygen atoms in total. The van der Waals surface area contributed by atoms with Crippen molar-refractivity contribution in [3.05, 3.63) is 0 Å². The van der Waals surface area contributed by atoms with E-state index in [1.807, 2.05) is 4.90 Å². The van der Waals surface area contributed by atoms with Crippen LogP contribution in [0.3, 0.4) is 0 Å².